The zero-order valence-corrected chi connectivity index (χ0v) is 12.2. The lowest BCUT2D eigenvalue weighted by atomic mass is 10.0. The van der Waals surface area contributed by atoms with E-state index in [1.54, 1.807) is 11.3 Å². The number of hydrogen-bond donors (Lipinski definition) is 2. The molecule has 0 aliphatic carbocycles. The average Bonchev–Trinajstić information content (AvgIpc) is 2.70. The Hall–Kier alpha value is -0.820. The summed E-state index contributed by atoms with van der Waals surface area (Å²) in [5.74, 6) is 5.27. The third-order valence-corrected chi connectivity index (χ3v) is 3.98. The molecule has 6 heteroatoms. The van der Waals surface area contributed by atoms with Gasteiger partial charge in [-0.1, -0.05) is 15.9 Å². The smallest absolute Gasteiger partial charge is 0.124 e. The van der Waals surface area contributed by atoms with E-state index in [1.165, 1.54) is 12.1 Å². The number of hydrogen-bond acceptors (Lipinski definition) is 4. The molecule has 0 fully saturated rings. The van der Waals surface area contributed by atoms with E-state index in [2.05, 4.69) is 26.3 Å². The van der Waals surface area contributed by atoms with Gasteiger partial charge in [-0.05, 0) is 30.7 Å². The summed E-state index contributed by atoms with van der Waals surface area (Å²) in [7, 11) is 0. The molecule has 1 atom stereocenters. The molecule has 0 bridgehead atoms. The van der Waals surface area contributed by atoms with Gasteiger partial charge in [-0.25, -0.2) is 9.37 Å². The van der Waals surface area contributed by atoms with Crippen molar-refractivity contribution < 1.29 is 4.39 Å². The van der Waals surface area contributed by atoms with E-state index < -0.39 is 0 Å². The van der Waals surface area contributed by atoms with Gasteiger partial charge in [0.25, 0.3) is 0 Å². The lowest BCUT2D eigenvalue weighted by molar-refractivity contribution is 0.542. The Kier molecular flexibility index (Phi) is 4.45. The molecule has 1 heterocycles. The van der Waals surface area contributed by atoms with Crippen molar-refractivity contribution in [2.75, 3.05) is 0 Å². The normalized spacial score (nSPS) is 12.7. The molecule has 1 aromatic heterocycles. The van der Waals surface area contributed by atoms with Gasteiger partial charge in [-0.2, -0.15) is 0 Å². The van der Waals surface area contributed by atoms with Crippen molar-refractivity contribution in [3.63, 3.8) is 0 Å². The molecule has 0 aliphatic rings. The number of nitrogens with one attached hydrogen (secondary N) is 1. The molecule has 2 rings (SSSR count). The van der Waals surface area contributed by atoms with Crippen molar-refractivity contribution in [3.8, 4) is 0 Å². The molecule has 3 N–H and O–H groups in total. The molecule has 0 saturated carbocycles. The van der Waals surface area contributed by atoms with Crippen molar-refractivity contribution in [3.05, 3.63) is 50.1 Å². The molecule has 1 aromatic carbocycles. The zero-order valence-electron chi connectivity index (χ0n) is 9.78. The van der Waals surface area contributed by atoms with Crippen molar-refractivity contribution in [1.82, 2.24) is 10.4 Å². The van der Waals surface area contributed by atoms with Gasteiger partial charge in [0.15, 0.2) is 0 Å². The molecule has 18 heavy (non-hydrogen) atoms. The van der Waals surface area contributed by atoms with Crippen LogP contribution in [0.25, 0.3) is 0 Å². The predicted octanol–water partition coefficient (Wildman–Crippen LogP) is 3.10. The van der Waals surface area contributed by atoms with Gasteiger partial charge in [0.05, 0.1) is 11.0 Å². The highest BCUT2D eigenvalue weighted by atomic mass is 79.9. The van der Waals surface area contributed by atoms with Gasteiger partial charge < -0.3 is 0 Å². The number of nitrogens with two attached hydrogens (primary N) is 1. The summed E-state index contributed by atoms with van der Waals surface area (Å²) in [6, 6.07) is 4.61. The van der Waals surface area contributed by atoms with Crippen LogP contribution in [-0.4, -0.2) is 4.98 Å². The highest BCUT2D eigenvalue weighted by Crippen LogP contribution is 2.24. The van der Waals surface area contributed by atoms with E-state index in [9.17, 15) is 4.39 Å². The van der Waals surface area contributed by atoms with Gasteiger partial charge in [-0.3, -0.25) is 11.3 Å². The van der Waals surface area contributed by atoms with Crippen molar-refractivity contribution in [2.45, 2.75) is 19.4 Å². The number of rotatable bonds is 4. The van der Waals surface area contributed by atoms with Gasteiger partial charge in [0.1, 0.15) is 5.82 Å². The number of aromatic nitrogens is 1. The van der Waals surface area contributed by atoms with Crippen LogP contribution in [-0.2, 0) is 6.42 Å². The summed E-state index contributed by atoms with van der Waals surface area (Å²) in [4.78, 5) is 4.39. The fourth-order valence-electron chi connectivity index (χ4n) is 1.72. The third kappa shape index (κ3) is 3.35. The number of thiazole rings is 1. The first-order valence-electron chi connectivity index (χ1n) is 5.41. The van der Waals surface area contributed by atoms with E-state index in [0.29, 0.717) is 10.9 Å². The largest absolute Gasteiger partial charge is 0.271 e. The molecule has 0 amide bonds. The van der Waals surface area contributed by atoms with Crippen LogP contribution < -0.4 is 11.3 Å². The maximum atomic E-state index is 13.4. The molecule has 0 spiro atoms. The summed E-state index contributed by atoms with van der Waals surface area (Å²) in [5, 5.41) is 2.97. The number of aryl methyl sites for hydroxylation is 1. The maximum Gasteiger partial charge on any atom is 0.124 e. The summed E-state index contributed by atoms with van der Waals surface area (Å²) >= 11 is 4.86. The molecule has 2 aromatic rings. The summed E-state index contributed by atoms with van der Waals surface area (Å²) in [6.45, 7) is 1.95. The summed E-state index contributed by atoms with van der Waals surface area (Å²) in [5.41, 5.74) is 4.50. The minimum Gasteiger partial charge on any atom is -0.271 e. The number of hydrazine groups is 1. The topological polar surface area (TPSA) is 50.9 Å². The van der Waals surface area contributed by atoms with Crippen LogP contribution in [0.3, 0.4) is 0 Å². The lowest BCUT2D eigenvalue weighted by Crippen LogP contribution is -2.29. The van der Waals surface area contributed by atoms with E-state index in [4.69, 9.17) is 5.84 Å². The Labute approximate surface area is 117 Å². The highest BCUT2D eigenvalue weighted by molar-refractivity contribution is 9.10. The second-order valence-electron chi connectivity index (χ2n) is 4.01. The zero-order chi connectivity index (χ0) is 13.1. The van der Waals surface area contributed by atoms with Crippen LogP contribution >= 0.6 is 27.3 Å². The highest BCUT2D eigenvalue weighted by Gasteiger charge is 2.14. The van der Waals surface area contributed by atoms with Crippen LogP contribution in [0.1, 0.15) is 22.3 Å². The van der Waals surface area contributed by atoms with E-state index >= 15 is 0 Å². The SMILES string of the molecule is Cc1csc(CC(NN)c2cc(F)cc(Br)c2)n1. The Bertz CT molecular complexity index is 524. The Morgan fingerprint density at radius 1 is 1.50 bits per heavy atom. The molecular weight excluding hydrogens is 317 g/mol. The first-order valence-corrected chi connectivity index (χ1v) is 7.09. The molecule has 3 nitrogen and oxygen atoms in total. The van der Waals surface area contributed by atoms with E-state index in [-0.39, 0.29) is 11.9 Å². The quantitative estimate of drug-likeness (QED) is 0.669. The van der Waals surface area contributed by atoms with Crippen LogP contribution in [0.15, 0.2) is 28.1 Å². The molecule has 0 radical (unpaired) electrons. The fraction of sp³-hybridized carbons (Fsp3) is 0.250. The van der Waals surface area contributed by atoms with Crippen molar-refractivity contribution in [2.24, 2.45) is 5.84 Å². The average molecular weight is 330 g/mol. The number of benzene rings is 1. The monoisotopic (exact) mass is 329 g/mol. The molecule has 0 saturated heterocycles. The lowest BCUT2D eigenvalue weighted by Gasteiger charge is -2.15. The van der Waals surface area contributed by atoms with Crippen molar-refractivity contribution >= 4 is 27.3 Å². The summed E-state index contributed by atoms with van der Waals surface area (Å²) in [6.07, 6.45) is 0.644. The van der Waals surface area contributed by atoms with Gasteiger partial charge >= 0.3 is 0 Å². The maximum absolute atomic E-state index is 13.4. The van der Waals surface area contributed by atoms with Crippen LogP contribution in [0.2, 0.25) is 0 Å². The Morgan fingerprint density at radius 2 is 2.28 bits per heavy atom. The first kappa shape index (κ1) is 13.6. The molecule has 1 unspecified atom stereocenters. The van der Waals surface area contributed by atoms with Crippen molar-refractivity contribution in [1.29, 1.82) is 0 Å². The summed E-state index contributed by atoms with van der Waals surface area (Å²) < 4.78 is 14.1. The minimum atomic E-state index is -0.282. The van der Waals surface area contributed by atoms with Crippen LogP contribution in [0.5, 0.6) is 0 Å². The van der Waals surface area contributed by atoms with E-state index in [1.807, 2.05) is 18.4 Å². The number of halogens is 2. The standard InChI is InChI=1S/C12H13BrFN3S/c1-7-6-18-12(16-7)5-11(17-15)8-2-9(13)4-10(14)3-8/h2-4,6,11,17H,5,15H2,1H3. The van der Waals surface area contributed by atoms with Crippen LogP contribution in [0.4, 0.5) is 4.39 Å². The van der Waals surface area contributed by atoms with Gasteiger partial charge in [-0.15, -0.1) is 11.3 Å². The third-order valence-electron chi connectivity index (χ3n) is 2.53. The fourth-order valence-corrected chi connectivity index (χ4v) is 3.02. The number of nitrogens with zero attached hydrogens (tertiary/aromatic N) is 1. The van der Waals surface area contributed by atoms with E-state index in [0.717, 1.165) is 16.3 Å². The second kappa shape index (κ2) is 5.88. The van der Waals surface area contributed by atoms with Crippen LogP contribution in [0, 0.1) is 12.7 Å². The first-order chi connectivity index (χ1) is 8.58. The van der Waals surface area contributed by atoms with Gasteiger partial charge in [0.2, 0.25) is 0 Å². The Balaban J connectivity index is 2.22. The predicted molar refractivity (Wildman–Crippen MR) is 74.7 cm³/mol. The molecule has 0 aliphatic heterocycles. The molecular formula is C12H13BrFN3S. The second-order valence-corrected chi connectivity index (χ2v) is 5.87. The molecule has 96 valence electrons. The minimum absolute atomic E-state index is 0.150. The Morgan fingerprint density at radius 3 is 2.83 bits per heavy atom. The van der Waals surface area contributed by atoms with Gasteiger partial charge in [0, 0.05) is 22.0 Å².